The van der Waals surface area contributed by atoms with Gasteiger partial charge in [-0.05, 0) is 44.9 Å². The van der Waals surface area contributed by atoms with E-state index in [2.05, 4.69) is 0 Å². The van der Waals surface area contributed by atoms with Gasteiger partial charge < -0.3 is 9.47 Å². The van der Waals surface area contributed by atoms with Gasteiger partial charge in [0.25, 0.3) is 0 Å². The molecule has 0 aromatic rings. The molecule has 3 heteroatoms. The largest absolute Gasteiger partial charge is 0.466 e. The third-order valence-electron chi connectivity index (χ3n) is 3.20. The first kappa shape index (κ1) is 12.5. The van der Waals surface area contributed by atoms with Crippen LogP contribution in [0.25, 0.3) is 0 Å². The Morgan fingerprint density at radius 2 is 1.93 bits per heavy atom. The lowest BCUT2D eigenvalue weighted by Gasteiger charge is -2.26. The highest BCUT2D eigenvalue weighted by atomic mass is 16.5. The van der Waals surface area contributed by atoms with Crippen LogP contribution in [0.1, 0.15) is 39.0 Å². The van der Waals surface area contributed by atoms with E-state index in [4.69, 9.17) is 9.47 Å². The van der Waals surface area contributed by atoms with E-state index in [0.29, 0.717) is 6.61 Å². The minimum atomic E-state index is 0.00249. The molecule has 0 aromatic carbocycles. The van der Waals surface area contributed by atoms with Gasteiger partial charge in [-0.15, -0.1) is 0 Å². The average Bonchev–Trinajstić information content (AvgIpc) is 2.27. The third-order valence-corrected chi connectivity index (χ3v) is 3.20. The van der Waals surface area contributed by atoms with Crippen molar-refractivity contribution in [1.82, 2.24) is 0 Å². The molecule has 0 heterocycles. The highest BCUT2D eigenvalue weighted by Gasteiger charge is 2.26. The van der Waals surface area contributed by atoms with Crippen LogP contribution in [-0.4, -0.2) is 26.3 Å². The number of esters is 1. The zero-order chi connectivity index (χ0) is 11.1. The van der Waals surface area contributed by atoms with Crippen LogP contribution in [0.4, 0.5) is 0 Å². The maximum absolute atomic E-state index is 11.5. The number of hydrogen-bond donors (Lipinski definition) is 0. The van der Waals surface area contributed by atoms with Crippen molar-refractivity contribution in [3.05, 3.63) is 0 Å². The Balaban J connectivity index is 2.20. The van der Waals surface area contributed by atoms with Crippen LogP contribution in [0.3, 0.4) is 0 Å². The minimum absolute atomic E-state index is 0.00249. The van der Waals surface area contributed by atoms with Gasteiger partial charge in [-0.25, -0.2) is 0 Å². The Labute approximate surface area is 92.1 Å². The summed E-state index contributed by atoms with van der Waals surface area (Å²) in [5, 5.41) is 0. The van der Waals surface area contributed by atoms with Crippen molar-refractivity contribution in [2.75, 3.05) is 20.3 Å². The van der Waals surface area contributed by atoms with E-state index in [-0.39, 0.29) is 11.9 Å². The zero-order valence-corrected chi connectivity index (χ0v) is 9.83. The van der Waals surface area contributed by atoms with Crippen molar-refractivity contribution >= 4 is 5.97 Å². The van der Waals surface area contributed by atoms with E-state index in [0.717, 1.165) is 44.6 Å². The van der Waals surface area contributed by atoms with Crippen LogP contribution in [0, 0.1) is 11.8 Å². The number of ether oxygens (including phenoxy) is 2. The van der Waals surface area contributed by atoms with Crippen LogP contribution in [-0.2, 0) is 14.3 Å². The fraction of sp³-hybridized carbons (Fsp3) is 0.917. The Morgan fingerprint density at radius 3 is 2.47 bits per heavy atom. The molecule has 0 amide bonds. The molecule has 0 aliphatic heterocycles. The topological polar surface area (TPSA) is 35.5 Å². The summed E-state index contributed by atoms with van der Waals surface area (Å²) in [5.41, 5.74) is 0. The van der Waals surface area contributed by atoms with Gasteiger partial charge >= 0.3 is 5.97 Å². The minimum Gasteiger partial charge on any atom is -0.466 e. The van der Waals surface area contributed by atoms with E-state index < -0.39 is 0 Å². The molecule has 0 unspecified atom stereocenters. The maximum atomic E-state index is 11.5. The summed E-state index contributed by atoms with van der Waals surface area (Å²) in [7, 11) is 1.74. The molecule has 0 N–H and O–H groups in total. The molecule has 0 aromatic heterocycles. The van der Waals surface area contributed by atoms with Gasteiger partial charge in [0.1, 0.15) is 0 Å². The number of methoxy groups -OCH3 is 1. The zero-order valence-electron chi connectivity index (χ0n) is 9.83. The molecular formula is C12H22O3. The van der Waals surface area contributed by atoms with Crippen LogP contribution >= 0.6 is 0 Å². The van der Waals surface area contributed by atoms with Crippen molar-refractivity contribution in [3.63, 3.8) is 0 Å². The number of rotatable bonds is 5. The normalized spacial score (nSPS) is 26.3. The number of carbonyl (C=O) groups is 1. The Hall–Kier alpha value is -0.570. The van der Waals surface area contributed by atoms with Crippen LogP contribution < -0.4 is 0 Å². The second-order valence-corrected chi connectivity index (χ2v) is 4.25. The third kappa shape index (κ3) is 4.20. The highest BCUT2D eigenvalue weighted by Crippen LogP contribution is 2.31. The SMILES string of the molecule is CCOC(=O)C1CCC(CCOC)CC1. The van der Waals surface area contributed by atoms with Crippen molar-refractivity contribution in [1.29, 1.82) is 0 Å². The molecule has 1 fully saturated rings. The first-order valence-electron chi connectivity index (χ1n) is 5.93. The van der Waals surface area contributed by atoms with Gasteiger partial charge in [-0.3, -0.25) is 4.79 Å². The molecule has 0 atom stereocenters. The predicted octanol–water partition coefficient (Wildman–Crippen LogP) is 2.39. The average molecular weight is 214 g/mol. The summed E-state index contributed by atoms with van der Waals surface area (Å²) >= 11 is 0. The second kappa shape index (κ2) is 6.83. The molecule has 0 spiro atoms. The molecule has 0 bridgehead atoms. The summed E-state index contributed by atoms with van der Waals surface area (Å²) in [4.78, 5) is 11.5. The number of carbonyl (C=O) groups excluding carboxylic acids is 1. The summed E-state index contributed by atoms with van der Waals surface area (Å²) in [6, 6.07) is 0. The van der Waals surface area contributed by atoms with E-state index >= 15 is 0 Å². The standard InChI is InChI=1S/C12H22O3/c1-3-15-12(13)11-6-4-10(5-7-11)8-9-14-2/h10-11H,3-9H2,1-2H3. The monoisotopic (exact) mass is 214 g/mol. The quantitative estimate of drug-likeness (QED) is 0.659. The first-order valence-corrected chi connectivity index (χ1v) is 5.93. The molecular weight excluding hydrogens is 192 g/mol. The van der Waals surface area contributed by atoms with Gasteiger partial charge in [0, 0.05) is 13.7 Å². The molecule has 88 valence electrons. The van der Waals surface area contributed by atoms with E-state index in [1.807, 2.05) is 6.92 Å². The van der Waals surface area contributed by atoms with E-state index in [1.165, 1.54) is 0 Å². The van der Waals surface area contributed by atoms with Crippen molar-refractivity contribution in [2.24, 2.45) is 11.8 Å². The van der Waals surface area contributed by atoms with Gasteiger partial charge in [0.05, 0.1) is 12.5 Å². The number of hydrogen-bond acceptors (Lipinski definition) is 3. The first-order chi connectivity index (χ1) is 7.27. The van der Waals surface area contributed by atoms with Crippen molar-refractivity contribution in [3.8, 4) is 0 Å². The summed E-state index contributed by atoms with van der Waals surface area (Å²) in [6.07, 6.45) is 5.41. The molecule has 0 saturated heterocycles. The predicted molar refractivity (Wildman–Crippen MR) is 58.6 cm³/mol. The van der Waals surface area contributed by atoms with Gasteiger partial charge in [-0.1, -0.05) is 0 Å². The molecule has 3 nitrogen and oxygen atoms in total. The Bertz CT molecular complexity index is 183. The maximum Gasteiger partial charge on any atom is 0.308 e. The molecule has 15 heavy (non-hydrogen) atoms. The Morgan fingerprint density at radius 1 is 1.27 bits per heavy atom. The van der Waals surface area contributed by atoms with Gasteiger partial charge in [-0.2, -0.15) is 0 Å². The Kier molecular flexibility index (Phi) is 5.69. The van der Waals surface area contributed by atoms with Crippen molar-refractivity contribution < 1.29 is 14.3 Å². The molecule has 1 aliphatic rings. The summed E-state index contributed by atoms with van der Waals surface area (Å²) in [5.74, 6) is 0.905. The molecule has 1 saturated carbocycles. The van der Waals surface area contributed by atoms with Crippen LogP contribution in [0.15, 0.2) is 0 Å². The fourth-order valence-corrected chi connectivity index (χ4v) is 2.23. The summed E-state index contributed by atoms with van der Waals surface area (Å²) < 4.78 is 10.1. The van der Waals surface area contributed by atoms with Crippen LogP contribution in [0.2, 0.25) is 0 Å². The lowest BCUT2D eigenvalue weighted by Crippen LogP contribution is -2.24. The molecule has 1 aliphatic carbocycles. The second-order valence-electron chi connectivity index (χ2n) is 4.25. The smallest absolute Gasteiger partial charge is 0.308 e. The summed E-state index contributed by atoms with van der Waals surface area (Å²) in [6.45, 7) is 3.21. The van der Waals surface area contributed by atoms with Gasteiger partial charge in [0.2, 0.25) is 0 Å². The van der Waals surface area contributed by atoms with Crippen molar-refractivity contribution in [2.45, 2.75) is 39.0 Å². The van der Waals surface area contributed by atoms with Crippen LogP contribution in [0.5, 0.6) is 0 Å². The lowest BCUT2D eigenvalue weighted by molar-refractivity contribution is -0.149. The lowest BCUT2D eigenvalue weighted by atomic mass is 9.81. The highest BCUT2D eigenvalue weighted by molar-refractivity contribution is 5.72. The van der Waals surface area contributed by atoms with E-state index in [1.54, 1.807) is 7.11 Å². The van der Waals surface area contributed by atoms with E-state index in [9.17, 15) is 4.79 Å². The van der Waals surface area contributed by atoms with Gasteiger partial charge in [0.15, 0.2) is 0 Å². The molecule has 1 rings (SSSR count). The molecule has 0 radical (unpaired) electrons. The fourth-order valence-electron chi connectivity index (χ4n) is 2.23.